The van der Waals surface area contributed by atoms with Crippen molar-refractivity contribution in [3.8, 4) is 0 Å². The van der Waals surface area contributed by atoms with Gasteiger partial charge in [-0.05, 0) is 25.1 Å². The summed E-state index contributed by atoms with van der Waals surface area (Å²) in [5.74, 6) is -1.22. The van der Waals surface area contributed by atoms with Gasteiger partial charge in [-0.2, -0.15) is 0 Å². The first-order valence-corrected chi connectivity index (χ1v) is 8.83. The van der Waals surface area contributed by atoms with E-state index in [4.69, 9.17) is 5.11 Å². The summed E-state index contributed by atoms with van der Waals surface area (Å²) in [6.45, 7) is 8.57. The fourth-order valence-electron chi connectivity index (χ4n) is 3.12. The normalized spacial score (nSPS) is 16.9. The average Bonchev–Trinajstić information content (AvgIpc) is 2.57. The largest absolute Gasteiger partial charge is 0.481 e. The molecular formula is C19H29N3O3. The molecule has 1 atom stereocenters. The van der Waals surface area contributed by atoms with E-state index in [0.29, 0.717) is 6.54 Å². The summed E-state index contributed by atoms with van der Waals surface area (Å²) in [7, 11) is 1.80. The fraction of sp³-hybridized carbons (Fsp3) is 0.579. The second-order valence-electron chi connectivity index (χ2n) is 7.02. The summed E-state index contributed by atoms with van der Waals surface area (Å²) >= 11 is 0. The van der Waals surface area contributed by atoms with Crippen molar-refractivity contribution in [2.75, 3.05) is 46.3 Å². The molecule has 1 saturated heterocycles. The van der Waals surface area contributed by atoms with Gasteiger partial charge in [0.05, 0.1) is 12.5 Å². The predicted octanol–water partition coefficient (Wildman–Crippen LogP) is 1.29. The second kappa shape index (κ2) is 8.97. The van der Waals surface area contributed by atoms with Gasteiger partial charge in [0, 0.05) is 39.3 Å². The lowest BCUT2D eigenvalue weighted by Crippen LogP contribution is -2.50. The Bertz CT molecular complexity index is 597. The second-order valence-corrected chi connectivity index (χ2v) is 7.02. The Morgan fingerprint density at radius 1 is 1.20 bits per heavy atom. The SMILES string of the molecule is Cc1ccccc1CN1CCN(C(=O)CN(C)CC(C)C(=O)O)CC1. The van der Waals surface area contributed by atoms with E-state index in [1.807, 2.05) is 4.90 Å². The number of carboxylic acids is 1. The van der Waals surface area contributed by atoms with E-state index in [0.717, 1.165) is 32.7 Å². The van der Waals surface area contributed by atoms with Gasteiger partial charge in [0.2, 0.25) is 5.91 Å². The van der Waals surface area contributed by atoms with E-state index in [9.17, 15) is 9.59 Å². The molecule has 1 aliphatic heterocycles. The summed E-state index contributed by atoms with van der Waals surface area (Å²) in [6, 6.07) is 8.40. The lowest BCUT2D eigenvalue weighted by atomic mass is 10.1. The third-order valence-corrected chi connectivity index (χ3v) is 4.79. The highest BCUT2D eigenvalue weighted by molar-refractivity contribution is 5.78. The first-order valence-electron chi connectivity index (χ1n) is 8.83. The van der Waals surface area contributed by atoms with Crippen molar-refractivity contribution in [2.45, 2.75) is 20.4 Å². The van der Waals surface area contributed by atoms with Gasteiger partial charge in [-0.15, -0.1) is 0 Å². The van der Waals surface area contributed by atoms with Crippen molar-refractivity contribution < 1.29 is 14.7 Å². The molecule has 0 saturated carbocycles. The van der Waals surface area contributed by atoms with Gasteiger partial charge in [0.25, 0.3) is 0 Å². The summed E-state index contributed by atoms with van der Waals surface area (Å²) in [5.41, 5.74) is 2.64. The van der Waals surface area contributed by atoms with Gasteiger partial charge < -0.3 is 10.0 Å². The zero-order valence-corrected chi connectivity index (χ0v) is 15.4. The molecule has 0 spiro atoms. The number of benzene rings is 1. The summed E-state index contributed by atoms with van der Waals surface area (Å²) < 4.78 is 0. The third kappa shape index (κ3) is 5.83. The third-order valence-electron chi connectivity index (χ3n) is 4.79. The van der Waals surface area contributed by atoms with E-state index in [1.165, 1.54) is 11.1 Å². The van der Waals surface area contributed by atoms with Crippen molar-refractivity contribution in [1.82, 2.24) is 14.7 Å². The van der Waals surface area contributed by atoms with Gasteiger partial charge in [-0.1, -0.05) is 31.2 Å². The molecule has 2 rings (SSSR count). The van der Waals surface area contributed by atoms with Gasteiger partial charge in [0.15, 0.2) is 0 Å². The summed E-state index contributed by atoms with van der Waals surface area (Å²) in [5, 5.41) is 8.96. The number of hydrogen-bond donors (Lipinski definition) is 1. The van der Waals surface area contributed by atoms with Crippen LogP contribution >= 0.6 is 0 Å². The molecule has 1 unspecified atom stereocenters. The van der Waals surface area contributed by atoms with Crippen molar-refractivity contribution in [3.63, 3.8) is 0 Å². The molecule has 1 N–H and O–H groups in total. The molecule has 1 aliphatic rings. The molecule has 0 aliphatic carbocycles. The smallest absolute Gasteiger partial charge is 0.307 e. The Hall–Kier alpha value is -1.92. The molecule has 1 aromatic rings. The van der Waals surface area contributed by atoms with Crippen molar-refractivity contribution in [2.24, 2.45) is 5.92 Å². The van der Waals surface area contributed by atoms with Crippen LogP contribution in [0.25, 0.3) is 0 Å². The summed E-state index contributed by atoms with van der Waals surface area (Å²) in [4.78, 5) is 29.4. The van der Waals surface area contributed by atoms with Crippen LogP contribution in [0.2, 0.25) is 0 Å². The van der Waals surface area contributed by atoms with Crippen LogP contribution in [0.3, 0.4) is 0 Å². The zero-order valence-electron chi connectivity index (χ0n) is 15.4. The van der Waals surface area contributed by atoms with Crippen LogP contribution in [-0.4, -0.2) is 78.0 Å². The molecule has 25 heavy (non-hydrogen) atoms. The van der Waals surface area contributed by atoms with E-state index in [2.05, 4.69) is 36.1 Å². The molecular weight excluding hydrogens is 318 g/mol. The minimum atomic E-state index is -0.830. The minimum Gasteiger partial charge on any atom is -0.481 e. The van der Waals surface area contributed by atoms with Gasteiger partial charge in [0.1, 0.15) is 0 Å². The minimum absolute atomic E-state index is 0.0793. The number of amides is 1. The van der Waals surface area contributed by atoms with Crippen LogP contribution in [0.15, 0.2) is 24.3 Å². The molecule has 1 aromatic carbocycles. The van der Waals surface area contributed by atoms with Crippen LogP contribution < -0.4 is 0 Å². The number of aryl methyl sites for hydroxylation is 1. The molecule has 138 valence electrons. The number of rotatable bonds is 7. The molecule has 0 bridgehead atoms. The van der Waals surface area contributed by atoms with Crippen molar-refractivity contribution >= 4 is 11.9 Å². The number of aliphatic carboxylic acids is 1. The summed E-state index contributed by atoms with van der Waals surface area (Å²) in [6.07, 6.45) is 0. The number of hydrogen-bond acceptors (Lipinski definition) is 4. The highest BCUT2D eigenvalue weighted by Crippen LogP contribution is 2.12. The molecule has 1 amide bonds. The molecule has 6 nitrogen and oxygen atoms in total. The Labute approximate surface area is 150 Å². The predicted molar refractivity (Wildman–Crippen MR) is 97.3 cm³/mol. The van der Waals surface area contributed by atoms with Crippen LogP contribution in [0, 0.1) is 12.8 Å². The maximum Gasteiger partial charge on any atom is 0.307 e. The Morgan fingerprint density at radius 2 is 1.84 bits per heavy atom. The van der Waals surface area contributed by atoms with E-state index >= 15 is 0 Å². The monoisotopic (exact) mass is 347 g/mol. The highest BCUT2D eigenvalue weighted by Gasteiger charge is 2.23. The molecule has 1 heterocycles. The number of carbonyl (C=O) groups is 2. The number of piperazine rings is 1. The van der Waals surface area contributed by atoms with E-state index in [-0.39, 0.29) is 12.5 Å². The van der Waals surface area contributed by atoms with Crippen LogP contribution in [0.5, 0.6) is 0 Å². The Morgan fingerprint density at radius 3 is 2.44 bits per heavy atom. The van der Waals surface area contributed by atoms with Crippen LogP contribution in [-0.2, 0) is 16.1 Å². The number of carboxylic acid groups (broad SMARTS) is 1. The topological polar surface area (TPSA) is 64.1 Å². The number of carbonyl (C=O) groups excluding carboxylic acids is 1. The first kappa shape index (κ1) is 19.4. The molecule has 0 radical (unpaired) electrons. The van der Waals surface area contributed by atoms with Crippen LogP contribution in [0.4, 0.5) is 0 Å². The van der Waals surface area contributed by atoms with Gasteiger partial charge in [-0.25, -0.2) is 0 Å². The highest BCUT2D eigenvalue weighted by atomic mass is 16.4. The van der Waals surface area contributed by atoms with Crippen molar-refractivity contribution in [3.05, 3.63) is 35.4 Å². The Kier molecular flexibility index (Phi) is 6.96. The van der Waals surface area contributed by atoms with E-state index in [1.54, 1.807) is 18.9 Å². The standard InChI is InChI=1S/C19H29N3O3/c1-15-6-4-5-7-17(15)13-21-8-10-22(11-9-21)18(23)14-20(3)12-16(2)19(24)25/h4-7,16H,8-14H2,1-3H3,(H,24,25). The Balaban J connectivity index is 1.76. The number of nitrogens with zero attached hydrogens (tertiary/aromatic N) is 3. The molecule has 1 fully saturated rings. The van der Waals surface area contributed by atoms with Crippen LogP contribution in [0.1, 0.15) is 18.1 Å². The quantitative estimate of drug-likeness (QED) is 0.805. The lowest BCUT2D eigenvalue weighted by Gasteiger charge is -2.35. The fourth-order valence-corrected chi connectivity index (χ4v) is 3.12. The first-order chi connectivity index (χ1) is 11.9. The van der Waals surface area contributed by atoms with Crippen molar-refractivity contribution in [1.29, 1.82) is 0 Å². The lowest BCUT2D eigenvalue weighted by molar-refractivity contribution is -0.142. The zero-order chi connectivity index (χ0) is 18.4. The van der Waals surface area contributed by atoms with Gasteiger partial charge >= 0.3 is 5.97 Å². The average molecular weight is 347 g/mol. The maximum absolute atomic E-state index is 12.4. The maximum atomic E-state index is 12.4. The number of likely N-dealkylation sites (N-methyl/N-ethyl adjacent to an activating group) is 1. The molecule has 6 heteroatoms. The van der Waals surface area contributed by atoms with Gasteiger partial charge in [-0.3, -0.25) is 19.4 Å². The molecule has 0 aromatic heterocycles. The van der Waals surface area contributed by atoms with E-state index < -0.39 is 11.9 Å².